The van der Waals surface area contributed by atoms with Gasteiger partial charge in [-0.3, -0.25) is 9.59 Å². The minimum absolute atomic E-state index is 0.0445. The predicted octanol–water partition coefficient (Wildman–Crippen LogP) is 1.48. The highest BCUT2D eigenvalue weighted by atomic mass is 16.5. The Hall–Kier alpha value is -2.28. The van der Waals surface area contributed by atoms with Crippen LogP contribution in [0.1, 0.15) is 20.3 Å². The Bertz CT molecular complexity index is 598. The SMILES string of the molecule is CCN1CCN(C(=O)CCN(CCOc2ccc(OC)cc2)C(C)=O)CC1. The zero-order valence-electron chi connectivity index (χ0n) is 16.6. The molecule has 27 heavy (non-hydrogen) atoms. The number of nitrogens with zero attached hydrogens (tertiary/aromatic N) is 3. The molecule has 7 nitrogen and oxygen atoms in total. The Kier molecular flexibility index (Phi) is 8.39. The minimum atomic E-state index is -0.0445. The Balaban J connectivity index is 1.73. The number of amides is 2. The van der Waals surface area contributed by atoms with Gasteiger partial charge in [-0.1, -0.05) is 6.92 Å². The normalized spacial score (nSPS) is 14.7. The second kappa shape index (κ2) is 10.8. The Morgan fingerprint density at radius 3 is 2.22 bits per heavy atom. The van der Waals surface area contributed by atoms with Crippen LogP contribution >= 0.6 is 0 Å². The summed E-state index contributed by atoms with van der Waals surface area (Å²) in [5, 5.41) is 0. The molecule has 2 rings (SSSR count). The number of hydrogen-bond donors (Lipinski definition) is 0. The van der Waals surface area contributed by atoms with Gasteiger partial charge in [0.05, 0.1) is 13.7 Å². The van der Waals surface area contributed by atoms with Crippen molar-refractivity contribution in [1.82, 2.24) is 14.7 Å². The van der Waals surface area contributed by atoms with Crippen molar-refractivity contribution in [2.24, 2.45) is 0 Å². The molecule has 0 aromatic heterocycles. The fourth-order valence-corrected chi connectivity index (χ4v) is 3.07. The van der Waals surface area contributed by atoms with Crippen LogP contribution in [0.5, 0.6) is 11.5 Å². The van der Waals surface area contributed by atoms with Gasteiger partial charge in [0.15, 0.2) is 0 Å². The van der Waals surface area contributed by atoms with Crippen LogP contribution in [0.3, 0.4) is 0 Å². The first-order valence-electron chi connectivity index (χ1n) is 9.56. The summed E-state index contributed by atoms with van der Waals surface area (Å²) in [5.74, 6) is 1.57. The van der Waals surface area contributed by atoms with E-state index in [4.69, 9.17) is 9.47 Å². The lowest BCUT2D eigenvalue weighted by Crippen LogP contribution is -2.49. The molecule has 1 aliphatic heterocycles. The molecular formula is C20H31N3O4. The molecule has 0 aliphatic carbocycles. The molecule has 0 N–H and O–H groups in total. The van der Waals surface area contributed by atoms with E-state index in [0.29, 0.717) is 26.1 Å². The average Bonchev–Trinajstić information content (AvgIpc) is 2.70. The van der Waals surface area contributed by atoms with Crippen LogP contribution in [0.4, 0.5) is 0 Å². The number of piperazine rings is 1. The fraction of sp³-hybridized carbons (Fsp3) is 0.600. The highest BCUT2D eigenvalue weighted by Gasteiger charge is 2.21. The van der Waals surface area contributed by atoms with Gasteiger partial charge < -0.3 is 24.2 Å². The number of hydrogen-bond acceptors (Lipinski definition) is 5. The van der Waals surface area contributed by atoms with E-state index in [1.165, 1.54) is 6.92 Å². The van der Waals surface area contributed by atoms with E-state index in [2.05, 4.69) is 11.8 Å². The van der Waals surface area contributed by atoms with Crippen LogP contribution in [0.25, 0.3) is 0 Å². The van der Waals surface area contributed by atoms with Gasteiger partial charge in [0, 0.05) is 46.1 Å². The van der Waals surface area contributed by atoms with Crippen molar-refractivity contribution in [2.75, 3.05) is 59.5 Å². The maximum absolute atomic E-state index is 12.4. The fourth-order valence-electron chi connectivity index (χ4n) is 3.07. The van der Waals surface area contributed by atoms with Gasteiger partial charge in [-0.25, -0.2) is 0 Å². The van der Waals surface area contributed by atoms with Crippen molar-refractivity contribution in [3.05, 3.63) is 24.3 Å². The molecule has 0 spiro atoms. The first-order chi connectivity index (χ1) is 13.0. The lowest BCUT2D eigenvalue weighted by molar-refractivity contribution is -0.134. The van der Waals surface area contributed by atoms with Gasteiger partial charge in [-0.05, 0) is 30.8 Å². The minimum Gasteiger partial charge on any atom is -0.497 e. The van der Waals surface area contributed by atoms with Gasteiger partial charge >= 0.3 is 0 Å². The number of methoxy groups -OCH3 is 1. The van der Waals surface area contributed by atoms with E-state index in [9.17, 15) is 9.59 Å². The van der Waals surface area contributed by atoms with E-state index in [0.717, 1.165) is 44.2 Å². The van der Waals surface area contributed by atoms with Crippen molar-refractivity contribution < 1.29 is 19.1 Å². The number of likely N-dealkylation sites (N-methyl/N-ethyl adjacent to an activating group) is 1. The molecule has 0 unspecified atom stereocenters. The summed E-state index contributed by atoms with van der Waals surface area (Å²) in [4.78, 5) is 30.2. The lowest BCUT2D eigenvalue weighted by Gasteiger charge is -2.34. The third-order valence-corrected chi connectivity index (χ3v) is 4.90. The molecule has 7 heteroatoms. The van der Waals surface area contributed by atoms with Gasteiger partial charge in [0.2, 0.25) is 11.8 Å². The first-order valence-corrected chi connectivity index (χ1v) is 9.56. The van der Waals surface area contributed by atoms with Crippen molar-refractivity contribution in [3.8, 4) is 11.5 Å². The molecule has 0 atom stereocenters. The third kappa shape index (κ3) is 6.75. The lowest BCUT2D eigenvalue weighted by atomic mass is 10.2. The summed E-state index contributed by atoms with van der Waals surface area (Å²) in [6, 6.07) is 7.32. The Morgan fingerprint density at radius 1 is 1.04 bits per heavy atom. The molecule has 0 radical (unpaired) electrons. The van der Waals surface area contributed by atoms with Crippen molar-refractivity contribution in [2.45, 2.75) is 20.3 Å². The van der Waals surface area contributed by atoms with Gasteiger partial charge in [-0.15, -0.1) is 0 Å². The maximum Gasteiger partial charge on any atom is 0.224 e. The van der Waals surface area contributed by atoms with Gasteiger partial charge in [0.1, 0.15) is 18.1 Å². The molecule has 1 aromatic rings. The highest BCUT2D eigenvalue weighted by molar-refractivity contribution is 5.78. The summed E-state index contributed by atoms with van der Waals surface area (Å²) in [6.45, 7) is 9.34. The van der Waals surface area contributed by atoms with Crippen molar-refractivity contribution in [1.29, 1.82) is 0 Å². The molecule has 1 heterocycles. The van der Waals surface area contributed by atoms with E-state index >= 15 is 0 Å². The highest BCUT2D eigenvalue weighted by Crippen LogP contribution is 2.16. The van der Waals surface area contributed by atoms with Crippen molar-refractivity contribution in [3.63, 3.8) is 0 Å². The summed E-state index contributed by atoms with van der Waals surface area (Å²) < 4.78 is 10.8. The van der Waals surface area contributed by atoms with E-state index in [1.54, 1.807) is 12.0 Å². The van der Waals surface area contributed by atoms with Crippen LogP contribution < -0.4 is 9.47 Å². The predicted molar refractivity (Wildman–Crippen MR) is 104 cm³/mol. The van der Waals surface area contributed by atoms with E-state index in [1.807, 2.05) is 29.2 Å². The maximum atomic E-state index is 12.4. The number of rotatable bonds is 9. The second-order valence-electron chi connectivity index (χ2n) is 6.60. The van der Waals surface area contributed by atoms with Crippen LogP contribution in [0.15, 0.2) is 24.3 Å². The zero-order chi connectivity index (χ0) is 19.6. The van der Waals surface area contributed by atoms with Crippen molar-refractivity contribution >= 4 is 11.8 Å². The third-order valence-electron chi connectivity index (χ3n) is 4.90. The van der Waals surface area contributed by atoms with Gasteiger partial charge in [0.25, 0.3) is 0 Å². The van der Waals surface area contributed by atoms with E-state index < -0.39 is 0 Å². The molecule has 1 aliphatic rings. The zero-order valence-corrected chi connectivity index (χ0v) is 16.6. The Labute approximate surface area is 161 Å². The molecule has 1 fully saturated rings. The molecule has 2 amide bonds. The number of ether oxygens (including phenoxy) is 2. The monoisotopic (exact) mass is 377 g/mol. The molecule has 1 saturated heterocycles. The van der Waals surface area contributed by atoms with Gasteiger partial charge in [-0.2, -0.15) is 0 Å². The first kappa shape index (κ1) is 21.0. The molecule has 0 saturated carbocycles. The van der Waals surface area contributed by atoms with E-state index in [-0.39, 0.29) is 11.8 Å². The Morgan fingerprint density at radius 2 is 1.67 bits per heavy atom. The molecular weight excluding hydrogens is 346 g/mol. The largest absolute Gasteiger partial charge is 0.497 e. The molecule has 0 bridgehead atoms. The van der Waals surface area contributed by atoms with Crippen LogP contribution in [-0.2, 0) is 9.59 Å². The molecule has 1 aromatic carbocycles. The summed E-state index contributed by atoms with van der Waals surface area (Å²) in [7, 11) is 1.62. The number of carbonyl (C=O) groups is 2. The summed E-state index contributed by atoms with van der Waals surface area (Å²) in [5.41, 5.74) is 0. The summed E-state index contributed by atoms with van der Waals surface area (Å²) in [6.07, 6.45) is 0.355. The number of benzene rings is 1. The average molecular weight is 377 g/mol. The standard InChI is InChI=1S/C20H31N3O4/c1-4-21-11-13-23(14-12-21)20(25)9-10-22(17(2)24)15-16-27-19-7-5-18(26-3)6-8-19/h5-8H,4,9-16H2,1-3H3. The number of carbonyl (C=O) groups excluding carboxylic acids is 2. The topological polar surface area (TPSA) is 62.3 Å². The summed E-state index contributed by atoms with van der Waals surface area (Å²) >= 11 is 0. The molecule has 150 valence electrons. The smallest absolute Gasteiger partial charge is 0.224 e. The van der Waals surface area contributed by atoms with Crippen LogP contribution in [-0.4, -0.2) is 86.0 Å². The van der Waals surface area contributed by atoms with Crippen LogP contribution in [0.2, 0.25) is 0 Å². The second-order valence-corrected chi connectivity index (χ2v) is 6.60. The van der Waals surface area contributed by atoms with Crippen LogP contribution in [0, 0.1) is 0 Å². The quantitative estimate of drug-likeness (QED) is 0.652.